The van der Waals surface area contributed by atoms with Crippen LogP contribution >= 0.6 is 11.8 Å². The number of hydrogen-bond acceptors (Lipinski definition) is 5. The lowest BCUT2D eigenvalue weighted by Crippen LogP contribution is -2.31. The van der Waals surface area contributed by atoms with Gasteiger partial charge in [0.1, 0.15) is 5.82 Å². The van der Waals surface area contributed by atoms with Gasteiger partial charge in [0.25, 0.3) is 5.91 Å². The number of aromatic nitrogens is 3. The van der Waals surface area contributed by atoms with Gasteiger partial charge in [-0.3, -0.25) is 14.7 Å². The van der Waals surface area contributed by atoms with Crippen molar-refractivity contribution in [3.8, 4) is 11.4 Å². The van der Waals surface area contributed by atoms with Crippen molar-refractivity contribution in [1.82, 2.24) is 20.5 Å². The molecule has 2 aromatic carbocycles. The van der Waals surface area contributed by atoms with Crippen LogP contribution in [0.4, 0.5) is 10.1 Å². The quantitative estimate of drug-likeness (QED) is 0.515. The van der Waals surface area contributed by atoms with Crippen molar-refractivity contribution in [2.75, 3.05) is 11.1 Å². The number of benzene rings is 2. The van der Waals surface area contributed by atoms with E-state index in [2.05, 4.69) is 25.8 Å². The van der Waals surface area contributed by atoms with E-state index in [1.165, 1.54) is 6.07 Å². The van der Waals surface area contributed by atoms with Gasteiger partial charge in [-0.2, -0.15) is 0 Å². The molecule has 2 amide bonds. The molecule has 150 valence electrons. The maximum atomic E-state index is 13.8. The second-order valence-corrected chi connectivity index (χ2v) is 7.40. The molecule has 3 N–H and O–H groups in total. The zero-order chi connectivity index (χ0) is 20.8. The third-order valence-corrected chi connectivity index (χ3v) is 4.64. The Morgan fingerprint density at radius 1 is 1.14 bits per heavy atom. The van der Waals surface area contributed by atoms with E-state index in [0.29, 0.717) is 27.8 Å². The Kier molecular flexibility index (Phi) is 6.61. The number of carbonyl (C=O) groups excluding carboxylic acids is 2. The first-order valence-corrected chi connectivity index (χ1v) is 9.92. The van der Waals surface area contributed by atoms with E-state index < -0.39 is 5.82 Å². The van der Waals surface area contributed by atoms with E-state index in [1.807, 2.05) is 13.8 Å². The van der Waals surface area contributed by atoms with Gasteiger partial charge in [0.05, 0.1) is 22.6 Å². The molecule has 0 fully saturated rings. The zero-order valence-electron chi connectivity index (χ0n) is 15.9. The minimum absolute atomic E-state index is 0.0174. The molecular formula is C20H20FN5O2S. The predicted octanol–water partition coefficient (Wildman–Crippen LogP) is 3.48. The average molecular weight is 413 g/mol. The Morgan fingerprint density at radius 2 is 1.86 bits per heavy atom. The lowest BCUT2D eigenvalue weighted by Gasteiger charge is -2.12. The summed E-state index contributed by atoms with van der Waals surface area (Å²) in [5.74, 6) is -0.644. The molecule has 3 rings (SSSR count). The molecule has 0 aliphatic carbocycles. The van der Waals surface area contributed by atoms with Gasteiger partial charge in [0.15, 0.2) is 5.82 Å². The highest BCUT2D eigenvalue weighted by molar-refractivity contribution is 7.99. The summed E-state index contributed by atoms with van der Waals surface area (Å²) in [5.41, 5.74) is 1.12. The van der Waals surface area contributed by atoms with Crippen LogP contribution in [0.15, 0.2) is 53.7 Å². The normalized spacial score (nSPS) is 10.8. The second-order valence-electron chi connectivity index (χ2n) is 6.46. The number of thioether (sulfide) groups is 1. The summed E-state index contributed by atoms with van der Waals surface area (Å²) in [5, 5.41) is 12.5. The largest absolute Gasteiger partial charge is 0.350 e. The number of halogens is 1. The fourth-order valence-corrected chi connectivity index (χ4v) is 3.13. The van der Waals surface area contributed by atoms with Crippen LogP contribution in [-0.4, -0.2) is 38.8 Å². The Bertz CT molecular complexity index is 1020. The molecule has 0 aliphatic heterocycles. The molecule has 0 saturated carbocycles. The van der Waals surface area contributed by atoms with Gasteiger partial charge in [-0.25, -0.2) is 9.37 Å². The van der Waals surface area contributed by atoms with Gasteiger partial charge < -0.3 is 10.6 Å². The molecule has 1 heterocycles. The van der Waals surface area contributed by atoms with Crippen LogP contribution in [0.2, 0.25) is 0 Å². The Hall–Kier alpha value is -3.20. The SMILES string of the molecule is CC(C)NC(=O)c1ccccc1NC(=O)CSc1n[nH]c(-c2ccccc2F)n1. The molecule has 9 heteroatoms. The summed E-state index contributed by atoms with van der Waals surface area (Å²) >= 11 is 1.11. The first-order valence-electron chi connectivity index (χ1n) is 8.94. The van der Waals surface area contributed by atoms with Crippen molar-refractivity contribution in [3.05, 3.63) is 59.9 Å². The molecule has 0 radical (unpaired) electrons. The van der Waals surface area contributed by atoms with Crippen LogP contribution in [0.5, 0.6) is 0 Å². The number of anilines is 1. The van der Waals surface area contributed by atoms with Gasteiger partial charge in [0, 0.05) is 6.04 Å². The third kappa shape index (κ3) is 5.41. The Labute approximate surface area is 171 Å². The van der Waals surface area contributed by atoms with Crippen LogP contribution in [-0.2, 0) is 4.79 Å². The lowest BCUT2D eigenvalue weighted by molar-refractivity contribution is -0.113. The molecule has 0 spiro atoms. The van der Waals surface area contributed by atoms with Crippen molar-refractivity contribution in [1.29, 1.82) is 0 Å². The minimum atomic E-state index is -0.408. The molecule has 7 nitrogen and oxygen atoms in total. The van der Waals surface area contributed by atoms with Crippen LogP contribution in [0.1, 0.15) is 24.2 Å². The van der Waals surface area contributed by atoms with E-state index in [4.69, 9.17) is 0 Å². The molecule has 0 aliphatic rings. The number of para-hydroxylation sites is 1. The summed E-state index contributed by atoms with van der Waals surface area (Å²) < 4.78 is 13.8. The van der Waals surface area contributed by atoms with Gasteiger partial charge in [0.2, 0.25) is 11.1 Å². The molecule has 0 unspecified atom stereocenters. The maximum Gasteiger partial charge on any atom is 0.253 e. The number of amides is 2. The number of nitrogens with one attached hydrogen (secondary N) is 3. The van der Waals surface area contributed by atoms with E-state index >= 15 is 0 Å². The fourth-order valence-electron chi connectivity index (χ4n) is 2.53. The highest BCUT2D eigenvalue weighted by Crippen LogP contribution is 2.22. The number of nitrogens with zero attached hydrogens (tertiary/aromatic N) is 2. The Balaban J connectivity index is 1.62. The smallest absolute Gasteiger partial charge is 0.253 e. The van der Waals surface area contributed by atoms with Crippen molar-refractivity contribution in [3.63, 3.8) is 0 Å². The molecule has 3 aromatic rings. The number of aromatic amines is 1. The molecular weight excluding hydrogens is 393 g/mol. The van der Waals surface area contributed by atoms with Crippen LogP contribution in [0.3, 0.4) is 0 Å². The van der Waals surface area contributed by atoms with E-state index in [0.717, 1.165) is 11.8 Å². The topological polar surface area (TPSA) is 99.8 Å². The van der Waals surface area contributed by atoms with Crippen molar-refractivity contribution < 1.29 is 14.0 Å². The first-order chi connectivity index (χ1) is 13.9. The highest BCUT2D eigenvalue weighted by atomic mass is 32.2. The standard InChI is InChI=1S/C20H20FN5O2S/c1-12(2)22-19(28)14-8-4-6-10-16(14)23-17(27)11-29-20-24-18(25-26-20)13-7-3-5-9-15(13)21/h3-10,12H,11H2,1-2H3,(H,22,28)(H,23,27)(H,24,25,26). The summed E-state index contributed by atoms with van der Waals surface area (Å²) in [6.45, 7) is 3.73. The van der Waals surface area contributed by atoms with E-state index in [1.54, 1.807) is 42.5 Å². The second kappa shape index (κ2) is 9.33. The highest BCUT2D eigenvalue weighted by Gasteiger charge is 2.15. The van der Waals surface area contributed by atoms with Crippen LogP contribution in [0, 0.1) is 5.82 Å². The van der Waals surface area contributed by atoms with Gasteiger partial charge in [-0.05, 0) is 38.1 Å². The summed E-state index contributed by atoms with van der Waals surface area (Å²) in [7, 11) is 0. The van der Waals surface area contributed by atoms with E-state index in [9.17, 15) is 14.0 Å². The van der Waals surface area contributed by atoms with Crippen molar-refractivity contribution in [2.45, 2.75) is 25.0 Å². The number of H-pyrrole nitrogens is 1. The Morgan fingerprint density at radius 3 is 2.62 bits per heavy atom. The minimum Gasteiger partial charge on any atom is -0.350 e. The van der Waals surface area contributed by atoms with Crippen molar-refractivity contribution >= 4 is 29.3 Å². The predicted molar refractivity (Wildman–Crippen MR) is 110 cm³/mol. The number of rotatable bonds is 7. The molecule has 0 atom stereocenters. The van der Waals surface area contributed by atoms with Gasteiger partial charge in [-0.1, -0.05) is 36.0 Å². The third-order valence-electron chi connectivity index (χ3n) is 3.79. The lowest BCUT2D eigenvalue weighted by atomic mass is 10.1. The molecule has 0 saturated heterocycles. The molecule has 1 aromatic heterocycles. The van der Waals surface area contributed by atoms with Gasteiger partial charge in [-0.15, -0.1) is 5.10 Å². The van der Waals surface area contributed by atoms with Crippen LogP contribution in [0.25, 0.3) is 11.4 Å². The van der Waals surface area contributed by atoms with Crippen molar-refractivity contribution in [2.24, 2.45) is 0 Å². The maximum absolute atomic E-state index is 13.8. The van der Waals surface area contributed by atoms with Gasteiger partial charge >= 0.3 is 0 Å². The average Bonchev–Trinajstić information content (AvgIpc) is 3.15. The fraction of sp³-hybridized carbons (Fsp3) is 0.200. The summed E-state index contributed by atoms with van der Waals surface area (Å²) in [4.78, 5) is 28.8. The summed E-state index contributed by atoms with van der Waals surface area (Å²) in [6, 6.07) is 13.0. The first kappa shape index (κ1) is 20.5. The number of hydrogen-bond donors (Lipinski definition) is 3. The van der Waals surface area contributed by atoms with Crippen LogP contribution < -0.4 is 10.6 Å². The zero-order valence-corrected chi connectivity index (χ0v) is 16.7. The monoisotopic (exact) mass is 413 g/mol. The van der Waals surface area contributed by atoms with E-state index in [-0.39, 0.29) is 23.6 Å². The molecule has 29 heavy (non-hydrogen) atoms. The summed E-state index contributed by atoms with van der Waals surface area (Å²) in [6.07, 6.45) is 0. The molecule has 0 bridgehead atoms. The number of carbonyl (C=O) groups is 2.